The molecule has 0 unspecified atom stereocenters. The standard InChI is InChI=1S/C25H29N3O3.C16H21N3O2.C9H9ClO.CH2Cl2.CH4/c1-16-13-17(2)15-19(14-16)24(30)28(22(11-12-26)25(4,5)6)27-23(29)20-9-8-10-21(31-7)18(20)3;1-11-12(7-6-8-13(11)21-5)15(20)19-18-14(9-10-17)16(2,3)4;1-6-3-7(2)5-8(4-6)9(10)11;2-1-3;/h8-11,13-15H,1-7H3,(H,27,29);6-9,18H,1-5H3,(H,19,20);3-5H,1-2H3;1H2;1H4/b22-11-;14-9+;;;. The number of rotatable bonds is 9. The molecule has 12 nitrogen and oxygen atoms in total. The van der Waals surface area contributed by atoms with Crippen LogP contribution in [-0.2, 0) is 0 Å². The Morgan fingerprint density at radius 2 is 1.04 bits per heavy atom. The third kappa shape index (κ3) is 19.6. The summed E-state index contributed by atoms with van der Waals surface area (Å²) < 4.78 is 10.5. The number of hydrogen-bond donors (Lipinski definition) is 3. The van der Waals surface area contributed by atoms with Gasteiger partial charge in [0.2, 0.25) is 0 Å². The first-order chi connectivity index (χ1) is 30.8. The Balaban J connectivity index is 0.00000104. The van der Waals surface area contributed by atoms with Crippen molar-refractivity contribution in [1.82, 2.24) is 21.3 Å². The Labute approximate surface area is 412 Å². The van der Waals surface area contributed by atoms with Gasteiger partial charge < -0.3 is 14.9 Å². The fourth-order valence-corrected chi connectivity index (χ4v) is 6.34. The van der Waals surface area contributed by atoms with Crippen molar-refractivity contribution in [1.29, 1.82) is 10.5 Å². The van der Waals surface area contributed by atoms with Gasteiger partial charge in [-0.15, -0.1) is 23.2 Å². The van der Waals surface area contributed by atoms with Crippen molar-refractivity contribution in [3.05, 3.63) is 152 Å². The van der Waals surface area contributed by atoms with Crippen LogP contribution in [-0.4, -0.2) is 47.5 Å². The zero-order valence-electron chi connectivity index (χ0n) is 40.2. The number of nitrogens with zero attached hydrogens (tertiary/aromatic N) is 3. The van der Waals surface area contributed by atoms with E-state index in [1.807, 2.05) is 100 Å². The predicted molar refractivity (Wildman–Crippen MR) is 271 cm³/mol. The second-order valence-electron chi connectivity index (χ2n) is 16.9. The van der Waals surface area contributed by atoms with Crippen molar-refractivity contribution in [2.24, 2.45) is 10.8 Å². The molecule has 0 aliphatic carbocycles. The lowest BCUT2D eigenvalue weighted by atomic mass is 9.90. The summed E-state index contributed by atoms with van der Waals surface area (Å²) in [5.74, 6) is 0.0635. The number of hydrogen-bond acceptors (Lipinski definition) is 9. The molecule has 3 N–H and O–H groups in total. The first kappa shape index (κ1) is 60.7. The molecule has 0 radical (unpaired) electrons. The number of methoxy groups -OCH3 is 2. The Bertz CT molecular complexity index is 2450. The normalized spacial score (nSPS) is 10.8. The van der Waals surface area contributed by atoms with Gasteiger partial charge in [0.15, 0.2) is 0 Å². The SMILES string of the molecule is C.COc1cccc(C(=O)NN(C(=O)c2cc(C)cc(C)c2)/C(=C\C#N)C(C)(C)C)c1C.COc1cccc(C(=O)NN/C(=C/C#N)C(C)(C)C)c1C.Cc1cc(C)cc(C(=O)Cl)c1.ClCCl. The molecule has 67 heavy (non-hydrogen) atoms. The molecule has 360 valence electrons. The molecule has 4 aromatic carbocycles. The van der Waals surface area contributed by atoms with Gasteiger partial charge in [0.1, 0.15) is 11.5 Å². The molecule has 0 aliphatic heterocycles. The zero-order valence-corrected chi connectivity index (χ0v) is 42.5. The van der Waals surface area contributed by atoms with Crippen molar-refractivity contribution in [2.75, 3.05) is 19.6 Å². The number of halogens is 3. The molecule has 0 fully saturated rings. The summed E-state index contributed by atoms with van der Waals surface area (Å²) in [6.45, 7) is 22.8. The Hall–Kier alpha value is -6.31. The summed E-state index contributed by atoms with van der Waals surface area (Å²) in [4.78, 5) is 49.6. The Morgan fingerprint density at radius 1 is 0.642 bits per heavy atom. The predicted octanol–water partition coefficient (Wildman–Crippen LogP) is 12.3. The highest BCUT2D eigenvalue weighted by Crippen LogP contribution is 2.30. The third-order valence-electron chi connectivity index (χ3n) is 9.37. The summed E-state index contributed by atoms with van der Waals surface area (Å²) in [6.07, 6.45) is 2.68. The van der Waals surface area contributed by atoms with E-state index in [9.17, 15) is 24.4 Å². The van der Waals surface area contributed by atoms with E-state index in [0.717, 1.165) is 27.8 Å². The molecule has 0 saturated heterocycles. The summed E-state index contributed by atoms with van der Waals surface area (Å²) in [6, 6.07) is 25.5. The van der Waals surface area contributed by atoms with Gasteiger partial charge in [-0.2, -0.15) is 10.5 Å². The van der Waals surface area contributed by atoms with Crippen LogP contribution in [0.4, 0.5) is 0 Å². The second-order valence-corrected chi connectivity index (χ2v) is 18.1. The molecule has 0 bridgehead atoms. The highest BCUT2D eigenvalue weighted by Gasteiger charge is 2.31. The number of allylic oxidation sites excluding steroid dienone is 4. The molecule has 0 saturated carbocycles. The Kier molecular flexibility index (Phi) is 26.0. The number of hydrazine groups is 2. The molecular weight excluding hydrogens is 911 g/mol. The molecular formula is C52H65Cl3N6O6. The monoisotopic (exact) mass is 974 g/mol. The van der Waals surface area contributed by atoms with E-state index in [2.05, 4.69) is 16.3 Å². The molecule has 15 heteroatoms. The van der Waals surface area contributed by atoms with Gasteiger partial charge in [-0.3, -0.25) is 30.0 Å². The third-order valence-corrected chi connectivity index (χ3v) is 9.59. The number of benzene rings is 4. The maximum absolute atomic E-state index is 13.5. The van der Waals surface area contributed by atoms with Crippen LogP contribution in [0.5, 0.6) is 11.5 Å². The molecule has 3 amide bonds. The number of nitrogens with one attached hydrogen (secondary N) is 3. The van der Waals surface area contributed by atoms with Crippen LogP contribution in [0.2, 0.25) is 0 Å². The van der Waals surface area contributed by atoms with E-state index in [-0.39, 0.29) is 24.1 Å². The molecule has 0 spiro atoms. The lowest BCUT2D eigenvalue weighted by Gasteiger charge is -2.33. The number of nitriles is 2. The zero-order chi connectivity index (χ0) is 50.5. The van der Waals surface area contributed by atoms with Crippen molar-refractivity contribution >= 4 is 57.8 Å². The molecule has 4 rings (SSSR count). The lowest BCUT2D eigenvalue weighted by Crippen LogP contribution is -2.48. The van der Waals surface area contributed by atoms with Crippen molar-refractivity contribution in [3.8, 4) is 23.6 Å². The van der Waals surface area contributed by atoms with Crippen LogP contribution >= 0.6 is 34.8 Å². The smallest absolute Gasteiger partial charge is 0.276 e. The van der Waals surface area contributed by atoms with Crippen LogP contribution in [0, 0.1) is 75.0 Å². The average Bonchev–Trinajstić information content (AvgIpc) is 3.22. The number of carbonyl (C=O) groups excluding carboxylic acids is 4. The van der Waals surface area contributed by atoms with E-state index in [1.165, 1.54) is 24.3 Å². The summed E-state index contributed by atoms with van der Waals surface area (Å²) in [5, 5.41) is 19.1. The van der Waals surface area contributed by atoms with Gasteiger partial charge in [-0.1, -0.05) is 95.5 Å². The van der Waals surface area contributed by atoms with Gasteiger partial charge in [0, 0.05) is 62.1 Å². The number of carbonyl (C=O) groups is 4. The summed E-state index contributed by atoms with van der Waals surface area (Å²) in [7, 11) is 3.10. The first-order valence-corrected chi connectivity index (χ1v) is 21.9. The van der Waals surface area contributed by atoms with Crippen LogP contribution in [0.15, 0.2) is 96.3 Å². The van der Waals surface area contributed by atoms with Gasteiger partial charge in [-0.05, 0) is 102 Å². The van der Waals surface area contributed by atoms with Crippen LogP contribution in [0.1, 0.15) is 124 Å². The molecule has 0 aromatic heterocycles. The lowest BCUT2D eigenvalue weighted by molar-refractivity contribution is 0.0610. The van der Waals surface area contributed by atoms with Crippen molar-refractivity contribution < 1.29 is 28.7 Å². The quantitative estimate of drug-likeness (QED) is 0.0638. The fourth-order valence-electron chi connectivity index (χ4n) is 6.23. The van der Waals surface area contributed by atoms with Crippen molar-refractivity contribution in [2.45, 2.75) is 90.5 Å². The fraction of sp³-hybridized carbons (Fsp3) is 0.346. The number of alkyl halides is 2. The van der Waals surface area contributed by atoms with Gasteiger partial charge in [-0.25, -0.2) is 5.01 Å². The minimum absolute atomic E-state index is 0. The number of aryl methyl sites for hydroxylation is 4. The topological polar surface area (TPSA) is 174 Å². The maximum atomic E-state index is 13.5. The molecule has 0 atom stereocenters. The number of ether oxygens (including phenoxy) is 2. The minimum Gasteiger partial charge on any atom is -0.496 e. The van der Waals surface area contributed by atoms with E-state index < -0.39 is 22.5 Å². The van der Waals surface area contributed by atoms with Crippen LogP contribution in [0.25, 0.3) is 0 Å². The van der Waals surface area contributed by atoms with E-state index in [0.29, 0.717) is 50.7 Å². The minimum atomic E-state index is -0.582. The van der Waals surface area contributed by atoms with Gasteiger partial charge >= 0.3 is 0 Å². The summed E-state index contributed by atoms with van der Waals surface area (Å²) >= 11 is 14.8. The van der Waals surface area contributed by atoms with Gasteiger partial charge in [0.05, 0.1) is 37.4 Å². The van der Waals surface area contributed by atoms with Crippen molar-refractivity contribution in [3.63, 3.8) is 0 Å². The largest absolute Gasteiger partial charge is 0.496 e. The molecule has 0 heterocycles. The van der Waals surface area contributed by atoms with E-state index >= 15 is 0 Å². The maximum Gasteiger partial charge on any atom is 0.276 e. The molecule has 4 aromatic rings. The van der Waals surface area contributed by atoms with E-state index in [1.54, 1.807) is 74.7 Å². The van der Waals surface area contributed by atoms with Gasteiger partial charge in [0.25, 0.3) is 23.0 Å². The number of amides is 3. The summed E-state index contributed by atoms with van der Waals surface area (Å²) in [5.41, 5.74) is 15.6. The average molecular weight is 976 g/mol. The highest BCUT2D eigenvalue weighted by molar-refractivity contribution is 6.67. The Morgan fingerprint density at radius 3 is 1.40 bits per heavy atom. The molecule has 0 aliphatic rings. The second kappa shape index (κ2) is 28.7. The highest BCUT2D eigenvalue weighted by atomic mass is 35.5. The van der Waals surface area contributed by atoms with Crippen LogP contribution in [0.3, 0.4) is 0 Å². The van der Waals surface area contributed by atoms with Crippen LogP contribution < -0.4 is 25.8 Å². The van der Waals surface area contributed by atoms with E-state index in [4.69, 9.17) is 49.5 Å². The first-order valence-electron chi connectivity index (χ1n) is 20.5.